The summed E-state index contributed by atoms with van der Waals surface area (Å²) in [6.07, 6.45) is 1.63. The van der Waals surface area contributed by atoms with Crippen molar-refractivity contribution in [2.75, 3.05) is 25.2 Å². The topological polar surface area (TPSA) is 119 Å². The first-order chi connectivity index (χ1) is 12.6. The van der Waals surface area contributed by atoms with Crippen molar-refractivity contribution in [1.82, 2.24) is 10.6 Å². The van der Waals surface area contributed by atoms with E-state index in [1.165, 1.54) is 0 Å². The molecule has 27 heavy (non-hydrogen) atoms. The zero-order valence-electron chi connectivity index (χ0n) is 15.8. The van der Waals surface area contributed by atoms with Crippen molar-refractivity contribution < 1.29 is 27.5 Å². The molecule has 0 fully saturated rings. The van der Waals surface area contributed by atoms with Gasteiger partial charge in [0.05, 0.1) is 5.75 Å². The van der Waals surface area contributed by atoms with Gasteiger partial charge in [0.2, 0.25) is 0 Å². The maximum atomic E-state index is 12.4. The van der Waals surface area contributed by atoms with E-state index in [2.05, 4.69) is 10.6 Å². The summed E-state index contributed by atoms with van der Waals surface area (Å²) < 4.78 is 27.8. The van der Waals surface area contributed by atoms with Crippen molar-refractivity contribution in [3.63, 3.8) is 0 Å². The summed E-state index contributed by atoms with van der Waals surface area (Å²) in [5, 5.41) is 5.05. The molecule has 0 radical (unpaired) electrons. The van der Waals surface area contributed by atoms with Gasteiger partial charge in [-0.25, -0.2) is 13.2 Å². The van der Waals surface area contributed by atoms with Gasteiger partial charge in [-0.2, -0.15) is 0 Å². The summed E-state index contributed by atoms with van der Waals surface area (Å²) in [6.45, 7) is 3.67. The van der Waals surface area contributed by atoms with Crippen molar-refractivity contribution in [3.05, 3.63) is 35.4 Å². The van der Waals surface area contributed by atoms with Crippen LogP contribution in [0.1, 0.15) is 35.7 Å². The predicted molar refractivity (Wildman–Crippen MR) is 101 cm³/mol. The van der Waals surface area contributed by atoms with Crippen LogP contribution in [-0.4, -0.2) is 57.4 Å². The summed E-state index contributed by atoms with van der Waals surface area (Å²) >= 11 is 0. The molecule has 0 bridgehead atoms. The van der Waals surface area contributed by atoms with Crippen LogP contribution >= 0.6 is 0 Å². The molecule has 0 aliphatic rings. The molecule has 9 heteroatoms. The van der Waals surface area contributed by atoms with E-state index in [-0.39, 0.29) is 12.2 Å². The second kappa shape index (κ2) is 10.7. The molecule has 2 amide bonds. The fourth-order valence-electron chi connectivity index (χ4n) is 2.16. The molecule has 0 aliphatic carbocycles. The maximum absolute atomic E-state index is 12.4. The zero-order chi connectivity index (χ0) is 20.4. The van der Waals surface area contributed by atoms with Crippen LogP contribution in [0.2, 0.25) is 0 Å². The van der Waals surface area contributed by atoms with Crippen LogP contribution in [0.15, 0.2) is 24.3 Å². The number of esters is 1. The highest BCUT2D eigenvalue weighted by Gasteiger charge is 2.25. The lowest BCUT2D eigenvalue weighted by atomic mass is 10.1. The highest BCUT2D eigenvalue weighted by atomic mass is 32.2. The molecular weight excluding hydrogens is 372 g/mol. The molecule has 150 valence electrons. The Hall–Kier alpha value is -2.42. The normalized spacial score (nSPS) is 12.1. The molecule has 8 nitrogen and oxygen atoms in total. The molecule has 1 atom stereocenters. The maximum Gasteiger partial charge on any atom is 0.329 e. The number of carbonyl (C=O) groups is 3. The van der Waals surface area contributed by atoms with E-state index in [0.717, 1.165) is 18.2 Å². The lowest BCUT2D eigenvalue weighted by Crippen LogP contribution is -2.44. The van der Waals surface area contributed by atoms with E-state index in [0.29, 0.717) is 12.1 Å². The van der Waals surface area contributed by atoms with Gasteiger partial charge in [0.15, 0.2) is 6.61 Å². The van der Waals surface area contributed by atoms with Crippen LogP contribution in [0.4, 0.5) is 0 Å². The largest absolute Gasteiger partial charge is 0.454 e. The van der Waals surface area contributed by atoms with Gasteiger partial charge in [0, 0.05) is 18.4 Å². The summed E-state index contributed by atoms with van der Waals surface area (Å²) in [4.78, 5) is 36.2. The minimum atomic E-state index is -3.34. The Morgan fingerprint density at radius 2 is 1.93 bits per heavy atom. The van der Waals surface area contributed by atoms with Crippen LogP contribution in [0, 0.1) is 6.92 Å². The molecule has 0 unspecified atom stereocenters. The number of carbonyl (C=O) groups excluding carboxylic acids is 3. The highest BCUT2D eigenvalue weighted by Crippen LogP contribution is 2.06. The smallest absolute Gasteiger partial charge is 0.329 e. The Labute approximate surface area is 159 Å². The molecule has 1 aromatic rings. The van der Waals surface area contributed by atoms with Crippen molar-refractivity contribution in [2.45, 2.75) is 32.7 Å². The van der Waals surface area contributed by atoms with Crippen LogP contribution in [0.3, 0.4) is 0 Å². The molecule has 1 rings (SSSR count). The van der Waals surface area contributed by atoms with Gasteiger partial charge in [0.1, 0.15) is 15.9 Å². The van der Waals surface area contributed by atoms with Crippen LogP contribution in [0.25, 0.3) is 0 Å². The van der Waals surface area contributed by atoms with E-state index in [9.17, 15) is 22.8 Å². The number of amides is 2. The number of benzene rings is 1. The molecule has 0 spiro atoms. The first kappa shape index (κ1) is 22.6. The van der Waals surface area contributed by atoms with E-state index in [1.54, 1.807) is 18.2 Å². The van der Waals surface area contributed by atoms with Crippen molar-refractivity contribution in [1.29, 1.82) is 0 Å². The number of hydrogen-bond donors (Lipinski definition) is 2. The molecule has 0 saturated carbocycles. The van der Waals surface area contributed by atoms with E-state index < -0.39 is 40.3 Å². The Kier molecular flexibility index (Phi) is 8.93. The second-order valence-corrected chi connectivity index (χ2v) is 8.53. The lowest BCUT2D eigenvalue weighted by Gasteiger charge is -2.17. The minimum Gasteiger partial charge on any atom is -0.454 e. The van der Waals surface area contributed by atoms with Gasteiger partial charge in [-0.3, -0.25) is 9.59 Å². The third kappa shape index (κ3) is 9.18. The average Bonchev–Trinajstić information content (AvgIpc) is 2.60. The zero-order valence-corrected chi connectivity index (χ0v) is 16.6. The number of hydrogen-bond acceptors (Lipinski definition) is 6. The summed E-state index contributed by atoms with van der Waals surface area (Å²) in [7, 11) is -3.34. The Balaban J connectivity index is 2.78. The summed E-state index contributed by atoms with van der Waals surface area (Å²) in [5.41, 5.74) is 1.21. The highest BCUT2D eigenvalue weighted by molar-refractivity contribution is 7.90. The van der Waals surface area contributed by atoms with Gasteiger partial charge in [-0.15, -0.1) is 0 Å². The molecule has 0 heterocycles. The van der Waals surface area contributed by atoms with Gasteiger partial charge in [0.25, 0.3) is 11.8 Å². The lowest BCUT2D eigenvalue weighted by molar-refractivity contribution is -0.150. The number of nitrogens with one attached hydrogen (secondary N) is 2. The van der Waals surface area contributed by atoms with E-state index in [1.807, 2.05) is 19.9 Å². The fraction of sp³-hybridized carbons (Fsp3) is 0.500. The van der Waals surface area contributed by atoms with Gasteiger partial charge in [-0.05, 0) is 31.9 Å². The van der Waals surface area contributed by atoms with E-state index in [4.69, 9.17) is 4.74 Å². The standard InChI is InChI=1S/C18H26N2O6S/c1-4-9-19-16(21)12-26-18(23)15(8-10-27(3,24)25)20-17(22)14-7-5-6-13(2)11-14/h5-7,11,15H,4,8-10,12H2,1-3H3,(H,19,21)(H,20,22)/t15-/m1/s1. The number of aryl methyl sites for hydroxylation is 1. The third-order valence-electron chi connectivity index (χ3n) is 3.57. The first-order valence-electron chi connectivity index (χ1n) is 8.61. The quantitative estimate of drug-likeness (QED) is 0.557. The minimum absolute atomic E-state index is 0.147. The molecule has 0 aromatic heterocycles. The number of ether oxygens (including phenoxy) is 1. The monoisotopic (exact) mass is 398 g/mol. The van der Waals surface area contributed by atoms with Gasteiger partial charge in [-0.1, -0.05) is 24.6 Å². The van der Waals surface area contributed by atoms with Crippen LogP contribution in [0.5, 0.6) is 0 Å². The molecular formula is C18H26N2O6S. The number of rotatable bonds is 10. The predicted octanol–water partition coefficient (Wildman–Crippen LogP) is 0.598. The molecule has 0 saturated heterocycles. The third-order valence-corrected chi connectivity index (χ3v) is 4.54. The molecule has 1 aromatic carbocycles. The van der Waals surface area contributed by atoms with Crippen molar-refractivity contribution in [2.24, 2.45) is 0 Å². The van der Waals surface area contributed by atoms with E-state index >= 15 is 0 Å². The van der Waals surface area contributed by atoms with Gasteiger partial charge < -0.3 is 15.4 Å². The Bertz CT molecular complexity index is 776. The molecule has 0 aliphatic heterocycles. The average molecular weight is 398 g/mol. The van der Waals surface area contributed by atoms with Gasteiger partial charge >= 0.3 is 5.97 Å². The van der Waals surface area contributed by atoms with Crippen molar-refractivity contribution >= 4 is 27.6 Å². The fourth-order valence-corrected chi connectivity index (χ4v) is 2.83. The summed E-state index contributed by atoms with van der Waals surface area (Å²) in [6, 6.07) is 5.57. The van der Waals surface area contributed by atoms with Crippen LogP contribution < -0.4 is 10.6 Å². The SMILES string of the molecule is CCCNC(=O)COC(=O)[C@@H](CCS(C)(=O)=O)NC(=O)c1cccc(C)c1. The Morgan fingerprint density at radius 1 is 1.22 bits per heavy atom. The van der Waals surface area contributed by atoms with Crippen LogP contribution in [-0.2, 0) is 24.2 Å². The molecule has 2 N–H and O–H groups in total. The summed E-state index contributed by atoms with van der Waals surface area (Å²) in [5.74, 6) is -2.14. The number of sulfone groups is 1. The Morgan fingerprint density at radius 3 is 2.52 bits per heavy atom. The van der Waals surface area contributed by atoms with Crippen molar-refractivity contribution in [3.8, 4) is 0 Å². The second-order valence-electron chi connectivity index (χ2n) is 6.27. The first-order valence-corrected chi connectivity index (χ1v) is 10.7.